The molecule has 0 bridgehead atoms. The SMILES string of the molecule is Clc1ccc(CNc2nc(CN3CCOCC3)nc3scc(-c4ccccc4)c23)c(Cl)c1. The lowest BCUT2D eigenvalue weighted by Gasteiger charge is -2.25. The average molecular weight is 485 g/mol. The number of hydrogen-bond donors (Lipinski definition) is 1. The lowest BCUT2D eigenvalue weighted by atomic mass is 10.1. The zero-order valence-electron chi connectivity index (χ0n) is 17.4. The normalized spacial score (nSPS) is 14.7. The largest absolute Gasteiger partial charge is 0.379 e. The summed E-state index contributed by atoms with van der Waals surface area (Å²) in [6, 6.07) is 15.9. The van der Waals surface area contributed by atoms with Gasteiger partial charge in [-0.3, -0.25) is 4.90 Å². The van der Waals surface area contributed by atoms with Crippen molar-refractivity contribution in [1.82, 2.24) is 14.9 Å². The third-order valence-electron chi connectivity index (χ3n) is 5.49. The van der Waals surface area contributed by atoms with Crippen molar-refractivity contribution < 1.29 is 4.74 Å². The maximum Gasteiger partial charge on any atom is 0.146 e. The number of thiophene rings is 1. The Morgan fingerprint density at radius 3 is 2.62 bits per heavy atom. The highest BCUT2D eigenvalue weighted by molar-refractivity contribution is 7.17. The van der Waals surface area contributed by atoms with Crippen LogP contribution in [0.5, 0.6) is 0 Å². The molecule has 164 valence electrons. The summed E-state index contributed by atoms with van der Waals surface area (Å²) in [5.74, 6) is 1.63. The van der Waals surface area contributed by atoms with Crippen LogP contribution in [0.3, 0.4) is 0 Å². The van der Waals surface area contributed by atoms with Crippen LogP contribution in [-0.2, 0) is 17.8 Å². The molecule has 1 aliphatic rings. The van der Waals surface area contributed by atoms with Gasteiger partial charge in [0.2, 0.25) is 0 Å². The molecule has 1 saturated heterocycles. The van der Waals surface area contributed by atoms with Crippen LogP contribution in [0.4, 0.5) is 5.82 Å². The van der Waals surface area contributed by atoms with Gasteiger partial charge in [-0.1, -0.05) is 59.6 Å². The predicted octanol–water partition coefficient (Wildman–Crippen LogP) is 6.11. The van der Waals surface area contributed by atoms with E-state index in [0.29, 0.717) is 23.1 Å². The van der Waals surface area contributed by atoms with E-state index < -0.39 is 0 Å². The molecule has 4 aromatic rings. The van der Waals surface area contributed by atoms with Gasteiger partial charge in [0.1, 0.15) is 16.5 Å². The number of fused-ring (bicyclic) bond motifs is 1. The van der Waals surface area contributed by atoms with E-state index in [4.69, 9.17) is 37.9 Å². The first-order chi connectivity index (χ1) is 15.7. The van der Waals surface area contributed by atoms with Crippen LogP contribution in [0, 0.1) is 0 Å². The van der Waals surface area contributed by atoms with E-state index in [1.807, 2.05) is 30.3 Å². The standard InChI is InChI=1S/C24H22Cl2N4OS/c25-18-7-6-17(20(26)12-18)13-27-23-22-19(16-4-2-1-3-5-16)15-32-24(22)29-21(28-23)14-30-8-10-31-11-9-30/h1-7,12,15H,8-11,13-14H2,(H,27,28,29). The van der Waals surface area contributed by atoms with Gasteiger partial charge in [-0.2, -0.15) is 0 Å². The molecule has 3 heterocycles. The van der Waals surface area contributed by atoms with Crippen molar-refractivity contribution in [2.24, 2.45) is 0 Å². The Labute approximate surface area is 201 Å². The second-order valence-corrected chi connectivity index (χ2v) is 9.36. The topological polar surface area (TPSA) is 50.3 Å². The van der Waals surface area contributed by atoms with E-state index in [2.05, 4.69) is 27.7 Å². The summed E-state index contributed by atoms with van der Waals surface area (Å²) in [4.78, 5) is 13.2. The van der Waals surface area contributed by atoms with Crippen molar-refractivity contribution in [2.45, 2.75) is 13.1 Å². The summed E-state index contributed by atoms with van der Waals surface area (Å²) < 4.78 is 5.48. The smallest absolute Gasteiger partial charge is 0.146 e. The molecule has 1 aliphatic heterocycles. The van der Waals surface area contributed by atoms with Crippen molar-refractivity contribution in [3.63, 3.8) is 0 Å². The van der Waals surface area contributed by atoms with Crippen molar-refractivity contribution in [2.75, 3.05) is 31.6 Å². The summed E-state index contributed by atoms with van der Waals surface area (Å²) in [5.41, 5.74) is 3.25. The Kier molecular flexibility index (Phi) is 6.57. The lowest BCUT2D eigenvalue weighted by Crippen LogP contribution is -2.36. The number of nitrogens with zero attached hydrogens (tertiary/aromatic N) is 3. The molecule has 1 fully saturated rings. The maximum absolute atomic E-state index is 6.41. The number of benzene rings is 2. The molecule has 5 rings (SSSR count). The third-order valence-corrected chi connectivity index (χ3v) is 6.95. The second-order valence-electron chi connectivity index (χ2n) is 7.66. The average Bonchev–Trinajstić information content (AvgIpc) is 3.24. The van der Waals surface area contributed by atoms with E-state index in [9.17, 15) is 0 Å². The van der Waals surface area contributed by atoms with Gasteiger partial charge in [0.15, 0.2) is 0 Å². The molecule has 2 aromatic heterocycles. The van der Waals surface area contributed by atoms with E-state index in [-0.39, 0.29) is 0 Å². The third kappa shape index (κ3) is 4.75. The van der Waals surface area contributed by atoms with Crippen molar-refractivity contribution >= 4 is 50.6 Å². The summed E-state index contributed by atoms with van der Waals surface area (Å²) in [6.45, 7) is 4.53. The summed E-state index contributed by atoms with van der Waals surface area (Å²) in [6.07, 6.45) is 0. The highest BCUT2D eigenvalue weighted by Crippen LogP contribution is 2.37. The fourth-order valence-electron chi connectivity index (χ4n) is 3.82. The Morgan fingerprint density at radius 1 is 1.03 bits per heavy atom. The number of halogens is 2. The minimum Gasteiger partial charge on any atom is -0.379 e. The number of aromatic nitrogens is 2. The number of ether oxygens (including phenoxy) is 1. The summed E-state index contributed by atoms with van der Waals surface area (Å²) >= 11 is 14.1. The fraction of sp³-hybridized carbons (Fsp3) is 0.250. The molecule has 0 spiro atoms. The Balaban J connectivity index is 1.52. The molecule has 32 heavy (non-hydrogen) atoms. The molecule has 2 aromatic carbocycles. The van der Waals surface area contributed by atoms with Gasteiger partial charge in [0, 0.05) is 40.6 Å². The molecule has 0 radical (unpaired) electrons. The maximum atomic E-state index is 6.41. The molecule has 5 nitrogen and oxygen atoms in total. The van der Waals surface area contributed by atoms with E-state index in [0.717, 1.165) is 64.9 Å². The van der Waals surface area contributed by atoms with Gasteiger partial charge >= 0.3 is 0 Å². The first kappa shape index (κ1) is 21.6. The Hall–Kier alpha value is -2.22. The van der Waals surface area contributed by atoms with Crippen molar-refractivity contribution in [3.8, 4) is 11.1 Å². The highest BCUT2D eigenvalue weighted by atomic mass is 35.5. The zero-order chi connectivity index (χ0) is 21.9. The van der Waals surface area contributed by atoms with Crippen LogP contribution < -0.4 is 5.32 Å². The molecule has 0 unspecified atom stereocenters. The summed E-state index contributed by atoms with van der Waals surface area (Å²) in [5, 5.41) is 7.98. The molecular formula is C24H22Cl2N4OS. The number of morpholine rings is 1. The predicted molar refractivity (Wildman–Crippen MR) is 133 cm³/mol. The van der Waals surface area contributed by atoms with Gasteiger partial charge in [0.05, 0.1) is 25.1 Å². The number of rotatable bonds is 6. The second kappa shape index (κ2) is 9.73. The van der Waals surface area contributed by atoms with Crippen LogP contribution in [0.1, 0.15) is 11.4 Å². The van der Waals surface area contributed by atoms with Gasteiger partial charge in [-0.05, 0) is 23.3 Å². The van der Waals surface area contributed by atoms with Crippen molar-refractivity contribution in [1.29, 1.82) is 0 Å². The lowest BCUT2D eigenvalue weighted by molar-refractivity contribution is 0.0331. The molecule has 1 N–H and O–H groups in total. The molecule has 0 atom stereocenters. The first-order valence-electron chi connectivity index (χ1n) is 10.5. The number of nitrogens with one attached hydrogen (secondary N) is 1. The molecule has 8 heteroatoms. The number of anilines is 1. The van der Waals surface area contributed by atoms with Crippen LogP contribution in [0.25, 0.3) is 21.3 Å². The van der Waals surface area contributed by atoms with E-state index >= 15 is 0 Å². The highest BCUT2D eigenvalue weighted by Gasteiger charge is 2.18. The molecule has 0 aliphatic carbocycles. The minimum absolute atomic E-state index is 0.545. The molecule has 0 saturated carbocycles. The fourth-order valence-corrected chi connectivity index (χ4v) is 5.26. The van der Waals surface area contributed by atoms with E-state index in [1.54, 1.807) is 17.4 Å². The van der Waals surface area contributed by atoms with Gasteiger partial charge in [-0.15, -0.1) is 11.3 Å². The van der Waals surface area contributed by atoms with Crippen LogP contribution >= 0.6 is 34.5 Å². The molecular weight excluding hydrogens is 463 g/mol. The first-order valence-corrected chi connectivity index (χ1v) is 12.1. The van der Waals surface area contributed by atoms with Crippen LogP contribution in [0.2, 0.25) is 10.0 Å². The molecule has 0 amide bonds. The number of hydrogen-bond acceptors (Lipinski definition) is 6. The van der Waals surface area contributed by atoms with Gasteiger partial charge in [0.25, 0.3) is 0 Å². The Morgan fingerprint density at radius 2 is 1.84 bits per heavy atom. The Bertz CT molecular complexity index is 1230. The van der Waals surface area contributed by atoms with Crippen molar-refractivity contribution in [3.05, 3.63) is 75.3 Å². The zero-order valence-corrected chi connectivity index (χ0v) is 19.7. The van der Waals surface area contributed by atoms with Gasteiger partial charge < -0.3 is 10.1 Å². The van der Waals surface area contributed by atoms with E-state index in [1.165, 1.54) is 0 Å². The quantitative estimate of drug-likeness (QED) is 0.357. The van der Waals surface area contributed by atoms with Gasteiger partial charge in [-0.25, -0.2) is 9.97 Å². The van der Waals surface area contributed by atoms with Crippen LogP contribution in [-0.4, -0.2) is 41.2 Å². The minimum atomic E-state index is 0.545. The van der Waals surface area contributed by atoms with Crippen LogP contribution in [0.15, 0.2) is 53.9 Å². The summed E-state index contributed by atoms with van der Waals surface area (Å²) in [7, 11) is 0. The monoisotopic (exact) mass is 484 g/mol.